The molecule has 31 heavy (non-hydrogen) atoms. The fourth-order valence-electron chi connectivity index (χ4n) is 3.15. The highest BCUT2D eigenvalue weighted by Gasteiger charge is 2.27. The van der Waals surface area contributed by atoms with Gasteiger partial charge in [-0.1, -0.05) is 59.1 Å². The Labute approximate surface area is 198 Å². The van der Waals surface area contributed by atoms with Crippen molar-refractivity contribution in [2.24, 2.45) is 0 Å². The maximum Gasteiger partial charge on any atom is 0.261 e. The number of amides is 2. The number of benzene rings is 2. The molecule has 0 saturated heterocycles. The Morgan fingerprint density at radius 2 is 1.84 bits per heavy atom. The summed E-state index contributed by atoms with van der Waals surface area (Å²) in [5.74, 6) is 0.143. The number of rotatable bonds is 10. The van der Waals surface area contributed by atoms with E-state index in [0.29, 0.717) is 17.3 Å². The van der Waals surface area contributed by atoms with Crippen LogP contribution in [0, 0.1) is 13.8 Å². The minimum Gasteiger partial charge on any atom is -0.484 e. The zero-order valence-corrected chi connectivity index (χ0v) is 20.8. The summed E-state index contributed by atoms with van der Waals surface area (Å²) in [7, 11) is 0. The van der Waals surface area contributed by atoms with Gasteiger partial charge in [-0.3, -0.25) is 9.59 Å². The van der Waals surface area contributed by atoms with Gasteiger partial charge < -0.3 is 15.0 Å². The first-order valence-corrected chi connectivity index (χ1v) is 11.6. The van der Waals surface area contributed by atoms with Crippen molar-refractivity contribution >= 4 is 39.3 Å². The minimum atomic E-state index is -0.655. The van der Waals surface area contributed by atoms with Crippen molar-refractivity contribution in [1.82, 2.24) is 10.2 Å². The van der Waals surface area contributed by atoms with Gasteiger partial charge in [0.2, 0.25) is 5.91 Å². The number of hydrogen-bond donors (Lipinski definition) is 1. The van der Waals surface area contributed by atoms with Crippen molar-refractivity contribution in [2.75, 3.05) is 13.2 Å². The van der Waals surface area contributed by atoms with Gasteiger partial charge in [-0.15, -0.1) is 0 Å². The number of nitrogens with one attached hydrogen (secondary N) is 1. The Balaban J connectivity index is 2.17. The summed E-state index contributed by atoms with van der Waals surface area (Å²) in [6.45, 7) is 8.37. The third-order valence-corrected chi connectivity index (χ3v) is 6.69. The molecule has 0 aliphatic heterocycles. The molecule has 0 bridgehead atoms. The van der Waals surface area contributed by atoms with Crippen molar-refractivity contribution in [2.45, 2.75) is 53.1 Å². The fraction of sp³-hybridized carbons (Fsp3) is 0.417. The number of hydrogen-bond acceptors (Lipinski definition) is 3. The molecule has 1 N–H and O–H groups in total. The molecule has 1 atom stereocenters. The topological polar surface area (TPSA) is 58.6 Å². The van der Waals surface area contributed by atoms with E-state index in [0.717, 1.165) is 34.0 Å². The van der Waals surface area contributed by atoms with E-state index in [9.17, 15) is 9.59 Å². The number of carbonyl (C=O) groups is 2. The summed E-state index contributed by atoms with van der Waals surface area (Å²) >= 11 is 9.84. The fourth-order valence-corrected chi connectivity index (χ4v) is 3.57. The van der Waals surface area contributed by atoms with E-state index in [2.05, 4.69) is 28.2 Å². The van der Waals surface area contributed by atoms with E-state index in [1.165, 1.54) is 4.90 Å². The summed E-state index contributed by atoms with van der Waals surface area (Å²) in [5.41, 5.74) is 2.83. The van der Waals surface area contributed by atoms with Gasteiger partial charge in [0, 0.05) is 22.6 Å². The molecule has 0 unspecified atom stereocenters. The van der Waals surface area contributed by atoms with Crippen molar-refractivity contribution in [3.8, 4) is 5.75 Å². The average Bonchev–Trinajstić information content (AvgIpc) is 2.74. The molecular formula is C24H30BrClN2O3. The number of carbonyl (C=O) groups excluding carboxylic acids is 2. The first-order chi connectivity index (χ1) is 14.7. The highest BCUT2D eigenvalue weighted by molar-refractivity contribution is 9.10. The Morgan fingerprint density at radius 1 is 1.19 bits per heavy atom. The van der Waals surface area contributed by atoms with Crippen LogP contribution in [0.1, 0.15) is 43.4 Å². The lowest BCUT2D eigenvalue weighted by Gasteiger charge is -2.29. The molecule has 7 heteroatoms. The summed E-state index contributed by atoms with van der Waals surface area (Å²) in [6.07, 6.45) is 1.87. The predicted octanol–water partition coefficient (Wildman–Crippen LogP) is 5.43. The van der Waals surface area contributed by atoms with Gasteiger partial charge in [0.1, 0.15) is 11.8 Å². The van der Waals surface area contributed by atoms with Crippen LogP contribution >= 0.6 is 27.5 Å². The summed E-state index contributed by atoms with van der Waals surface area (Å²) in [4.78, 5) is 27.3. The van der Waals surface area contributed by atoms with Crippen LogP contribution in [0.2, 0.25) is 5.02 Å². The lowest BCUT2D eigenvalue weighted by Crippen LogP contribution is -2.49. The number of aryl methyl sites for hydroxylation is 2. The molecule has 0 heterocycles. The number of halogens is 2. The van der Waals surface area contributed by atoms with Crippen molar-refractivity contribution < 1.29 is 14.3 Å². The lowest BCUT2D eigenvalue weighted by atomic mass is 10.1. The third kappa shape index (κ3) is 7.25. The maximum atomic E-state index is 13.1. The largest absolute Gasteiger partial charge is 0.484 e. The van der Waals surface area contributed by atoms with Gasteiger partial charge >= 0.3 is 0 Å². The predicted molar refractivity (Wildman–Crippen MR) is 128 cm³/mol. The van der Waals surface area contributed by atoms with Crippen LogP contribution in [0.15, 0.2) is 40.9 Å². The second kappa shape index (κ2) is 12.1. The van der Waals surface area contributed by atoms with E-state index in [1.54, 1.807) is 13.0 Å². The molecule has 0 spiro atoms. The van der Waals surface area contributed by atoms with Crippen LogP contribution in [0.5, 0.6) is 5.75 Å². The van der Waals surface area contributed by atoms with Crippen LogP contribution < -0.4 is 10.1 Å². The summed E-state index contributed by atoms with van der Waals surface area (Å²) in [6, 6.07) is 10.4. The number of nitrogens with zero attached hydrogens (tertiary/aromatic N) is 1. The molecule has 0 aliphatic rings. The standard InChI is InChI=1S/C24H30BrClN2O3/c1-5-6-11-27-24(30)18(4)28(14-19-9-7-8-10-21(19)26)22(29)15-31-20-12-16(2)23(25)17(3)13-20/h7-10,12-13,18H,5-6,11,14-15H2,1-4H3,(H,27,30)/t18-/m0/s1. The molecule has 2 amide bonds. The average molecular weight is 510 g/mol. The first-order valence-electron chi connectivity index (χ1n) is 10.4. The zero-order chi connectivity index (χ0) is 23.0. The van der Waals surface area contributed by atoms with Gasteiger partial charge in [-0.05, 0) is 62.1 Å². The molecule has 5 nitrogen and oxygen atoms in total. The molecule has 0 saturated carbocycles. The Hall–Kier alpha value is -2.05. The molecule has 0 fully saturated rings. The second-order valence-electron chi connectivity index (χ2n) is 7.59. The number of ether oxygens (including phenoxy) is 1. The molecule has 0 aliphatic carbocycles. The van der Waals surface area contributed by atoms with E-state index >= 15 is 0 Å². The first kappa shape index (κ1) is 25.2. The highest BCUT2D eigenvalue weighted by atomic mass is 79.9. The van der Waals surface area contributed by atoms with Crippen LogP contribution in [-0.4, -0.2) is 35.9 Å². The molecule has 0 radical (unpaired) electrons. The smallest absolute Gasteiger partial charge is 0.261 e. The molecular weight excluding hydrogens is 480 g/mol. The normalized spacial score (nSPS) is 11.7. The van der Waals surface area contributed by atoms with E-state index in [1.807, 2.05) is 44.2 Å². The molecule has 2 aromatic carbocycles. The van der Waals surface area contributed by atoms with E-state index in [4.69, 9.17) is 16.3 Å². The van der Waals surface area contributed by atoms with E-state index < -0.39 is 6.04 Å². The Kier molecular flexibility index (Phi) is 9.85. The highest BCUT2D eigenvalue weighted by Crippen LogP contribution is 2.26. The van der Waals surface area contributed by atoms with Gasteiger partial charge in [0.15, 0.2) is 6.61 Å². The Morgan fingerprint density at radius 3 is 2.45 bits per heavy atom. The second-order valence-corrected chi connectivity index (χ2v) is 8.79. The van der Waals surface area contributed by atoms with Crippen molar-refractivity contribution in [3.63, 3.8) is 0 Å². The summed E-state index contributed by atoms with van der Waals surface area (Å²) < 4.78 is 6.80. The van der Waals surface area contributed by atoms with Crippen LogP contribution in [0.3, 0.4) is 0 Å². The van der Waals surface area contributed by atoms with Crippen molar-refractivity contribution in [3.05, 3.63) is 62.6 Å². The van der Waals surface area contributed by atoms with Gasteiger partial charge in [-0.2, -0.15) is 0 Å². The van der Waals surface area contributed by atoms with Crippen LogP contribution in [-0.2, 0) is 16.1 Å². The zero-order valence-electron chi connectivity index (χ0n) is 18.5. The third-order valence-electron chi connectivity index (χ3n) is 5.07. The Bertz CT molecular complexity index is 896. The minimum absolute atomic E-state index is 0.169. The lowest BCUT2D eigenvalue weighted by molar-refractivity contribution is -0.142. The number of unbranched alkanes of at least 4 members (excludes halogenated alkanes) is 1. The molecule has 0 aromatic heterocycles. The molecule has 2 rings (SSSR count). The summed E-state index contributed by atoms with van der Waals surface area (Å²) in [5, 5.41) is 3.46. The van der Waals surface area contributed by atoms with Gasteiger partial charge in [0.25, 0.3) is 5.91 Å². The van der Waals surface area contributed by atoms with Crippen molar-refractivity contribution in [1.29, 1.82) is 0 Å². The van der Waals surface area contributed by atoms with Crippen LogP contribution in [0.25, 0.3) is 0 Å². The van der Waals surface area contributed by atoms with Crippen LogP contribution in [0.4, 0.5) is 0 Å². The molecule has 2 aromatic rings. The van der Waals surface area contributed by atoms with Gasteiger partial charge in [-0.25, -0.2) is 0 Å². The van der Waals surface area contributed by atoms with E-state index in [-0.39, 0.29) is 25.0 Å². The monoisotopic (exact) mass is 508 g/mol. The SMILES string of the molecule is CCCCNC(=O)[C@H](C)N(Cc1ccccc1Cl)C(=O)COc1cc(C)c(Br)c(C)c1. The maximum absolute atomic E-state index is 13.1. The molecule has 168 valence electrons. The quantitative estimate of drug-likeness (QED) is 0.434. The van der Waals surface area contributed by atoms with Gasteiger partial charge in [0.05, 0.1) is 0 Å².